The van der Waals surface area contributed by atoms with E-state index in [1.54, 1.807) is 0 Å². The van der Waals surface area contributed by atoms with E-state index in [0.29, 0.717) is 25.5 Å². The van der Waals surface area contributed by atoms with Gasteiger partial charge in [-0.2, -0.15) is 0 Å². The normalized spacial score (nSPS) is 11.7. The van der Waals surface area contributed by atoms with Crippen LogP contribution in [0.25, 0.3) is 0 Å². The van der Waals surface area contributed by atoms with Crippen LogP contribution in [0.3, 0.4) is 0 Å². The number of ether oxygens (including phenoxy) is 1. The molecular formula is C17H29ClN2O2. The van der Waals surface area contributed by atoms with Crippen LogP contribution in [0.1, 0.15) is 37.8 Å². The predicted octanol–water partition coefficient (Wildman–Crippen LogP) is 2.98. The maximum Gasteiger partial charge on any atom is 0.223 e. The molecule has 0 aliphatic heterocycles. The quantitative estimate of drug-likeness (QED) is 0.771. The van der Waals surface area contributed by atoms with E-state index in [0.717, 1.165) is 17.7 Å². The molecule has 0 saturated heterocycles. The first kappa shape index (κ1) is 20.7. The Morgan fingerprint density at radius 2 is 2.00 bits per heavy atom. The lowest BCUT2D eigenvalue weighted by Gasteiger charge is -2.19. The summed E-state index contributed by atoms with van der Waals surface area (Å²) in [6, 6.07) is 6.08. The number of hydrogen-bond donors (Lipinski definition) is 2. The van der Waals surface area contributed by atoms with Crippen LogP contribution in [-0.2, 0) is 4.79 Å². The zero-order valence-corrected chi connectivity index (χ0v) is 14.8. The molecule has 0 aliphatic rings. The minimum absolute atomic E-state index is 0. The van der Waals surface area contributed by atoms with Crippen molar-refractivity contribution in [3.05, 3.63) is 29.3 Å². The maximum atomic E-state index is 11.9. The average Bonchev–Trinajstić information content (AvgIpc) is 2.40. The maximum absolute atomic E-state index is 11.9. The van der Waals surface area contributed by atoms with Crippen LogP contribution in [0, 0.1) is 19.8 Å². The van der Waals surface area contributed by atoms with Gasteiger partial charge in [0.05, 0.1) is 13.0 Å². The summed E-state index contributed by atoms with van der Waals surface area (Å²) in [7, 11) is 0. The monoisotopic (exact) mass is 328 g/mol. The fourth-order valence-corrected chi connectivity index (χ4v) is 2.30. The molecule has 3 N–H and O–H groups in total. The van der Waals surface area contributed by atoms with Crippen molar-refractivity contribution in [1.29, 1.82) is 0 Å². The zero-order chi connectivity index (χ0) is 15.8. The van der Waals surface area contributed by atoms with Gasteiger partial charge in [0.25, 0.3) is 0 Å². The standard InChI is InChI=1S/C17H28N2O2.ClH/c1-12(2)9-15(11-18)19-17(20)7-8-21-16-6-5-13(3)10-14(16)4;/h5-6,10,12,15H,7-9,11,18H2,1-4H3,(H,19,20);1H. The molecule has 0 spiro atoms. The molecule has 1 amide bonds. The van der Waals surface area contributed by atoms with E-state index in [4.69, 9.17) is 10.5 Å². The number of hydrogen-bond acceptors (Lipinski definition) is 3. The van der Waals surface area contributed by atoms with Crippen molar-refractivity contribution in [3.8, 4) is 5.75 Å². The Bertz CT molecular complexity index is 464. The van der Waals surface area contributed by atoms with Gasteiger partial charge in [0.1, 0.15) is 5.75 Å². The van der Waals surface area contributed by atoms with Gasteiger partial charge in [0.15, 0.2) is 0 Å². The van der Waals surface area contributed by atoms with Crippen LogP contribution in [0.5, 0.6) is 5.75 Å². The van der Waals surface area contributed by atoms with E-state index in [2.05, 4.69) is 25.2 Å². The van der Waals surface area contributed by atoms with Crippen molar-refractivity contribution in [1.82, 2.24) is 5.32 Å². The number of halogens is 1. The van der Waals surface area contributed by atoms with Crippen LogP contribution in [0.2, 0.25) is 0 Å². The van der Waals surface area contributed by atoms with Gasteiger partial charge < -0.3 is 15.8 Å². The van der Waals surface area contributed by atoms with Gasteiger partial charge in [-0.1, -0.05) is 31.5 Å². The highest BCUT2D eigenvalue weighted by molar-refractivity contribution is 5.85. The Kier molecular flexibility index (Phi) is 9.86. The minimum Gasteiger partial charge on any atom is -0.493 e. The number of rotatable bonds is 8. The lowest BCUT2D eigenvalue weighted by molar-refractivity contribution is -0.122. The van der Waals surface area contributed by atoms with Gasteiger partial charge in [0.2, 0.25) is 5.91 Å². The summed E-state index contributed by atoms with van der Waals surface area (Å²) in [4.78, 5) is 11.9. The van der Waals surface area contributed by atoms with Crippen molar-refractivity contribution < 1.29 is 9.53 Å². The Morgan fingerprint density at radius 3 is 2.55 bits per heavy atom. The van der Waals surface area contributed by atoms with Crippen LogP contribution in [0.4, 0.5) is 0 Å². The molecule has 1 atom stereocenters. The molecule has 126 valence electrons. The Morgan fingerprint density at radius 1 is 1.32 bits per heavy atom. The van der Waals surface area contributed by atoms with E-state index in [9.17, 15) is 4.79 Å². The zero-order valence-electron chi connectivity index (χ0n) is 14.0. The predicted molar refractivity (Wildman–Crippen MR) is 93.7 cm³/mol. The van der Waals surface area contributed by atoms with Crippen LogP contribution < -0.4 is 15.8 Å². The third-order valence-electron chi connectivity index (χ3n) is 3.32. The first-order valence-corrected chi connectivity index (χ1v) is 7.61. The van der Waals surface area contributed by atoms with Gasteiger partial charge in [-0.15, -0.1) is 12.4 Å². The largest absolute Gasteiger partial charge is 0.493 e. The molecule has 0 saturated carbocycles. The van der Waals surface area contributed by atoms with Gasteiger partial charge in [-0.25, -0.2) is 0 Å². The van der Waals surface area contributed by atoms with Crippen molar-refractivity contribution in [2.45, 2.75) is 46.6 Å². The van der Waals surface area contributed by atoms with Gasteiger partial charge in [-0.3, -0.25) is 4.79 Å². The number of benzene rings is 1. The molecule has 22 heavy (non-hydrogen) atoms. The molecule has 0 aliphatic carbocycles. The second-order valence-electron chi connectivity index (χ2n) is 6.00. The summed E-state index contributed by atoms with van der Waals surface area (Å²) >= 11 is 0. The summed E-state index contributed by atoms with van der Waals surface area (Å²) in [6.45, 7) is 9.16. The highest BCUT2D eigenvalue weighted by Gasteiger charge is 2.12. The molecule has 0 heterocycles. The highest BCUT2D eigenvalue weighted by atomic mass is 35.5. The molecule has 5 heteroatoms. The van der Waals surface area contributed by atoms with E-state index < -0.39 is 0 Å². The topological polar surface area (TPSA) is 64.3 Å². The van der Waals surface area contributed by atoms with E-state index in [1.165, 1.54) is 5.56 Å². The molecule has 1 unspecified atom stereocenters. The number of carbonyl (C=O) groups is 1. The molecule has 0 fully saturated rings. The van der Waals surface area contributed by atoms with E-state index in [-0.39, 0.29) is 24.4 Å². The Balaban J connectivity index is 0.00000441. The Hall–Kier alpha value is -1.26. The first-order valence-electron chi connectivity index (χ1n) is 7.61. The van der Waals surface area contributed by atoms with Crippen LogP contribution in [-0.4, -0.2) is 25.1 Å². The van der Waals surface area contributed by atoms with Crippen molar-refractivity contribution in [2.24, 2.45) is 11.7 Å². The third kappa shape index (κ3) is 7.66. The summed E-state index contributed by atoms with van der Waals surface area (Å²) in [5.74, 6) is 1.35. The molecule has 1 rings (SSSR count). The second-order valence-corrected chi connectivity index (χ2v) is 6.00. The molecule has 0 aromatic heterocycles. The summed E-state index contributed by atoms with van der Waals surface area (Å²) < 4.78 is 5.67. The number of amides is 1. The summed E-state index contributed by atoms with van der Waals surface area (Å²) in [5.41, 5.74) is 7.98. The summed E-state index contributed by atoms with van der Waals surface area (Å²) in [5, 5.41) is 2.96. The smallest absolute Gasteiger partial charge is 0.223 e. The molecule has 1 aromatic rings. The molecule has 0 bridgehead atoms. The minimum atomic E-state index is -0.00383. The van der Waals surface area contributed by atoms with Crippen LogP contribution >= 0.6 is 12.4 Å². The van der Waals surface area contributed by atoms with Gasteiger partial charge in [-0.05, 0) is 37.8 Å². The fourth-order valence-electron chi connectivity index (χ4n) is 2.30. The molecular weight excluding hydrogens is 300 g/mol. The second kappa shape index (κ2) is 10.5. The SMILES string of the molecule is Cc1ccc(OCCC(=O)NC(CN)CC(C)C)c(C)c1.Cl. The number of nitrogens with one attached hydrogen (secondary N) is 1. The van der Waals surface area contributed by atoms with Crippen molar-refractivity contribution in [2.75, 3.05) is 13.2 Å². The highest BCUT2D eigenvalue weighted by Crippen LogP contribution is 2.18. The van der Waals surface area contributed by atoms with E-state index in [1.807, 2.05) is 26.0 Å². The summed E-state index contributed by atoms with van der Waals surface area (Å²) in [6.07, 6.45) is 1.25. The first-order chi connectivity index (χ1) is 9.92. The Labute approximate surface area is 140 Å². The van der Waals surface area contributed by atoms with Gasteiger partial charge in [0, 0.05) is 12.6 Å². The molecule has 0 radical (unpaired) electrons. The number of carbonyl (C=O) groups excluding carboxylic acids is 1. The third-order valence-corrected chi connectivity index (χ3v) is 3.32. The number of nitrogens with two attached hydrogens (primary N) is 1. The van der Waals surface area contributed by atoms with E-state index >= 15 is 0 Å². The van der Waals surface area contributed by atoms with Gasteiger partial charge >= 0.3 is 0 Å². The lowest BCUT2D eigenvalue weighted by atomic mass is 10.0. The van der Waals surface area contributed by atoms with Crippen molar-refractivity contribution >= 4 is 18.3 Å². The average molecular weight is 329 g/mol. The van der Waals surface area contributed by atoms with Crippen LogP contribution in [0.15, 0.2) is 18.2 Å². The molecule has 4 nitrogen and oxygen atoms in total. The molecule has 1 aromatic carbocycles. The van der Waals surface area contributed by atoms with Crippen molar-refractivity contribution in [3.63, 3.8) is 0 Å². The lowest BCUT2D eigenvalue weighted by Crippen LogP contribution is -2.41. The number of aryl methyl sites for hydroxylation is 2. The fraction of sp³-hybridized carbons (Fsp3) is 0.588.